The minimum atomic E-state index is -0.222. The lowest BCUT2D eigenvalue weighted by Gasteiger charge is -2.18. The van der Waals surface area contributed by atoms with Crippen LogP contribution in [0.3, 0.4) is 0 Å². The summed E-state index contributed by atoms with van der Waals surface area (Å²) in [5.41, 5.74) is 3.33. The van der Waals surface area contributed by atoms with E-state index < -0.39 is 0 Å². The summed E-state index contributed by atoms with van der Waals surface area (Å²) < 4.78 is 14.4. The van der Waals surface area contributed by atoms with Crippen molar-refractivity contribution < 1.29 is 4.39 Å². The quantitative estimate of drug-likeness (QED) is 0.617. The monoisotopic (exact) mass is 302 g/mol. The molecule has 3 N–H and O–H groups in total. The van der Waals surface area contributed by atoms with Crippen LogP contribution in [0.15, 0.2) is 22.7 Å². The van der Waals surface area contributed by atoms with Crippen LogP contribution in [0.2, 0.25) is 0 Å². The lowest BCUT2D eigenvalue weighted by molar-refractivity contribution is 0.440. The molecule has 2 nitrogen and oxygen atoms in total. The first-order chi connectivity index (χ1) is 8.06. The van der Waals surface area contributed by atoms with Gasteiger partial charge in [0.25, 0.3) is 0 Å². The molecule has 0 fully saturated rings. The third kappa shape index (κ3) is 4.37. The first kappa shape index (κ1) is 14.6. The predicted octanol–water partition coefficient (Wildman–Crippen LogP) is 3.92. The van der Waals surface area contributed by atoms with E-state index in [-0.39, 0.29) is 11.9 Å². The summed E-state index contributed by atoms with van der Waals surface area (Å²) in [6, 6.07) is 5.18. The fourth-order valence-corrected chi connectivity index (χ4v) is 2.23. The number of nitrogens with two attached hydrogens (primary N) is 1. The lowest BCUT2D eigenvalue weighted by Crippen LogP contribution is -2.28. The molecule has 0 heterocycles. The molecule has 4 heteroatoms. The zero-order valence-electron chi connectivity index (χ0n) is 10.3. The van der Waals surface area contributed by atoms with E-state index in [1.807, 2.05) is 6.07 Å². The van der Waals surface area contributed by atoms with E-state index in [4.69, 9.17) is 5.84 Å². The number of benzene rings is 1. The molecule has 1 unspecified atom stereocenters. The molecule has 0 radical (unpaired) electrons. The molecule has 0 bridgehead atoms. The van der Waals surface area contributed by atoms with Crippen LogP contribution in [0.4, 0.5) is 4.39 Å². The molecular formula is C13H20BrFN2. The average molecular weight is 303 g/mol. The topological polar surface area (TPSA) is 38.0 Å². The van der Waals surface area contributed by atoms with Crippen LogP contribution in [0.1, 0.15) is 44.7 Å². The first-order valence-corrected chi connectivity index (χ1v) is 6.75. The largest absolute Gasteiger partial charge is 0.271 e. The van der Waals surface area contributed by atoms with E-state index >= 15 is 0 Å². The minimum Gasteiger partial charge on any atom is -0.271 e. The second kappa shape index (κ2) is 7.09. The molecule has 1 aromatic carbocycles. The van der Waals surface area contributed by atoms with Crippen molar-refractivity contribution in [3.63, 3.8) is 0 Å². The Morgan fingerprint density at radius 3 is 2.65 bits per heavy atom. The standard InChI is InChI=1S/C13H20BrFN2/c1-9(2)5-3-8-12(17-16)10-6-4-7-11(14)13(10)15/h4,6-7,9,12,17H,3,5,8,16H2,1-2H3. The van der Waals surface area contributed by atoms with E-state index in [1.54, 1.807) is 12.1 Å². The van der Waals surface area contributed by atoms with Crippen molar-refractivity contribution in [2.24, 2.45) is 11.8 Å². The van der Waals surface area contributed by atoms with Gasteiger partial charge in [0, 0.05) is 11.6 Å². The van der Waals surface area contributed by atoms with E-state index in [0.717, 1.165) is 19.3 Å². The Kier molecular flexibility index (Phi) is 6.09. The lowest BCUT2D eigenvalue weighted by atomic mass is 9.98. The molecule has 0 aliphatic heterocycles. The van der Waals surface area contributed by atoms with Crippen LogP contribution in [-0.2, 0) is 0 Å². The second-order valence-corrected chi connectivity index (χ2v) is 5.54. The zero-order valence-corrected chi connectivity index (χ0v) is 11.9. The fraction of sp³-hybridized carbons (Fsp3) is 0.538. The molecule has 0 spiro atoms. The molecule has 0 saturated heterocycles. The molecule has 0 aliphatic rings. The third-order valence-corrected chi connectivity index (χ3v) is 3.44. The molecule has 1 atom stereocenters. The minimum absolute atomic E-state index is 0.119. The third-order valence-electron chi connectivity index (χ3n) is 2.83. The highest BCUT2D eigenvalue weighted by Crippen LogP contribution is 2.26. The smallest absolute Gasteiger partial charge is 0.142 e. The van der Waals surface area contributed by atoms with Crippen molar-refractivity contribution in [2.45, 2.75) is 39.2 Å². The summed E-state index contributed by atoms with van der Waals surface area (Å²) in [4.78, 5) is 0. The van der Waals surface area contributed by atoms with Crippen LogP contribution in [-0.4, -0.2) is 0 Å². The summed E-state index contributed by atoms with van der Waals surface area (Å²) in [5, 5.41) is 0. The van der Waals surface area contributed by atoms with Gasteiger partial charge >= 0.3 is 0 Å². The number of hydrazine groups is 1. The van der Waals surface area contributed by atoms with Gasteiger partial charge in [-0.2, -0.15) is 0 Å². The van der Waals surface area contributed by atoms with Crippen molar-refractivity contribution in [2.75, 3.05) is 0 Å². The van der Waals surface area contributed by atoms with Gasteiger partial charge in [-0.05, 0) is 34.3 Å². The van der Waals surface area contributed by atoms with Gasteiger partial charge in [0.2, 0.25) is 0 Å². The maximum absolute atomic E-state index is 13.9. The van der Waals surface area contributed by atoms with Gasteiger partial charge in [0.1, 0.15) is 5.82 Å². The fourth-order valence-electron chi connectivity index (χ4n) is 1.85. The zero-order chi connectivity index (χ0) is 12.8. The molecule has 1 aromatic rings. The summed E-state index contributed by atoms with van der Waals surface area (Å²) in [6.45, 7) is 4.37. The van der Waals surface area contributed by atoms with Crippen LogP contribution in [0.25, 0.3) is 0 Å². The number of nitrogens with one attached hydrogen (secondary N) is 1. The summed E-state index contributed by atoms with van der Waals surface area (Å²) in [7, 11) is 0. The molecule has 0 amide bonds. The van der Waals surface area contributed by atoms with Gasteiger partial charge < -0.3 is 0 Å². The number of halogens is 2. The second-order valence-electron chi connectivity index (χ2n) is 4.69. The van der Waals surface area contributed by atoms with Gasteiger partial charge in [-0.1, -0.05) is 38.8 Å². The van der Waals surface area contributed by atoms with Gasteiger partial charge in [-0.3, -0.25) is 11.3 Å². The van der Waals surface area contributed by atoms with Gasteiger partial charge in [-0.25, -0.2) is 4.39 Å². The maximum Gasteiger partial charge on any atom is 0.142 e. The summed E-state index contributed by atoms with van der Waals surface area (Å²) in [6.07, 6.45) is 3.02. The Morgan fingerprint density at radius 2 is 2.06 bits per heavy atom. The number of hydrogen-bond donors (Lipinski definition) is 2. The van der Waals surface area contributed by atoms with E-state index in [9.17, 15) is 4.39 Å². The molecule has 17 heavy (non-hydrogen) atoms. The van der Waals surface area contributed by atoms with Crippen molar-refractivity contribution in [1.29, 1.82) is 0 Å². The molecule has 0 aromatic heterocycles. The van der Waals surface area contributed by atoms with Gasteiger partial charge in [0.15, 0.2) is 0 Å². The Bertz CT molecular complexity index is 355. The highest BCUT2D eigenvalue weighted by Gasteiger charge is 2.15. The Morgan fingerprint density at radius 1 is 1.35 bits per heavy atom. The summed E-state index contributed by atoms with van der Waals surface area (Å²) in [5.74, 6) is 5.95. The van der Waals surface area contributed by atoms with Crippen LogP contribution in [0.5, 0.6) is 0 Å². The van der Waals surface area contributed by atoms with Crippen molar-refractivity contribution in [3.8, 4) is 0 Å². The summed E-state index contributed by atoms with van der Waals surface area (Å²) >= 11 is 3.19. The predicted molar refractivity (Wildman–Crippen MR) is 72.9 cm³/mol. The van der Waals surface area contributed by atoms with E-state index in [0.29, 0.717) is 16.0 Å². The highest BCUT2D eigenvalue weighted by atomic mass is 79.9. The normalized spacial score (nSPS) is 13.1. The Balaban J connectivity index is 2.69. The maximum atomic E-state index is 13.9. The number of hydrogen-bond acceptors (Lipinski definition) is 2. The first-order valence-electron chi connectivity index (χ1n) is 5.96. The molecule has 1 rings (SSSR count). The van der Waals surface area contributed by atoms with E-state index in [1.165, 1.54) is 0 Å². The molecular weight excluding hydrogens is 283 g/mol. The van der Waals surface area contributed by atoms with Crippen LogP contribution >= 0.6 is 15.9 Å². The van der Waals surface area contributed by atoms with Crippen molar-refractivity contribution >= 4 is 15.9 Å². The highest BCUT2D eigenvalue weighted by molar-refractivity contribution is 9.10. The SMILES string of the molecule is CC(C)CCCC(NN)c1cccc(Br)c1F. The van der Waals surface area contributed by atoms with E-state index in [2.05, 4.69) is 35.2 Å². The Labute approximate surface area is 111 Å². The van der Waals surface area contributed by atoms with Gasteiger partial charge in [-0.15, -0.1) is 0 Å². The van der Waals surface area contributed by atoms with Crippen LogP contribution in [0, 0.1) is 11.7 Å². The van der Waals surface area contributed by atoms with Crippen LogP contribution < -0.4 is 11.3 Å². The average Bonchev–Trinajstić information content (AvgIpc) is 2.28. The molecule has 96 valence electrons. The molecule has 0 saturated carbocycles. The molecule has 0 aliphatic carbocycles. The van der Waals surface area contributed by atoms with Gasteiger partial charge in [0.05, 0.1) is 4.47 Å². The Hall–Kier alpha value is -0.450. The number of rotatable bonds is 6. The van der Waals surface area contributed by atoms with Crippen molar-refractivity contribution in [3.05, 3.63) is 34.1 Å². The van der Waals surface area contributed by atoms with Crippen molar-refractivity contribution in [1.82, 2.24) is 5.43 Å².